The summed E-state index contributed by atoms with van der Waals surface area (Å²) >= 11 is 0. The van der Waals surface area contributed by atoms with Gasteiger partial charge in [0.15, 0.2) is 5.03 Å². The summed E-state index contributed by atoms with van der Waals surface area (Å²) in [6, 6.07) is 8.94. The average Bonchev–Trinajstić information content (AvgIpc) is 3.05. The van der Waals surface area contributed by atoms with Gasteiger partial charge >= 0.3 is 0 Å². The van der Waals surface area contributed by atoms with Crippen molar-refractivity contribution in [3.05, 3.63) is 66.6 Å². The van der Waals surface area contributed by atoms with E-state index in [1.165, 1.54) is 42.7 Å². The topological polar surface area (TPSA) is 74.8 Å². The molecule has 2 aromatic carbocycles. The fourth-order valence-corrected chi connectivity index (χ4v) is 3.05. The quantitative estimate of drug-likeness (QED) is 0.769. The van der Waals surface area contributed by atoms with Crippen LogP contribution in [-0.2, 0) is 10.0 Å². The number of nitrogens with zero attached hydrogens (tertiary/aromatic N) is 1. The minimum absolute atomic E-state index is 0.119. The van der Waals surface area contributed by atoms with Crippen molar-refractivity contribution in [2.45, 2.75) is 5.03 Å². The number of imidazole rings is 1. The van der Waals surface area contributed by atoms with Crippen molar-refractivity contribution >= 4 is 15.7 Å². The van der Waals surface area contributed by atoms with Crippen LogP contribution in [0.3, 0.4) is 0 Å². The largest absolute Gasteiger partial charge is 0.334 e. The van der Waals surface area contributed by atoms with E-state index in [4.69, 9.17) is 0 Å². The van der Waals surface area contributed by atoms with Crippen LogP contribution in [0.25, 0.3) is 11.1 Å². The lowest BCUT2D eigenvalue weighted by molar-refractivity contribution is 0.598. The standard InChI is InChI=1S/C15H11F2N3O2S/c16-11-3-1-10(2-4-11)13-7-12(17)5-6-14(13)20-23(21,22)15-8-18-9-19-15/h1-9,20H,(H,18,19). The van der Waals surface area contributed by atoms with Gasteiger partial charge in [0.2, 0.25) is 0 Å². The van der Waals surface area contributed by atoms with Crippen molar-refractivity contribution in [1.82, 2.24) is 9.97 Å². The van der Waals surface area contributed by atoms with E-state index in [-0.39, 0.29) is 10.7 Å². The molecule has 1 aromatic heterocycles. The van der Waals surface area contributed by atoms with Crippen molar-refractivity contribution in [3.63, 3.8) is 0 Å². The molecule has 0 spiro atoms. The van der Waals surface area contributed by atoms with Crippen molar-refractivity contribution in [2.24, 2.45) is 0 Å². The second-order valence-corrected chi connectivity index (χ2v) is 6.37. The SMILES string of the molecule is O=S(=O)(Nc1ccc(F)cc1-c1ccc(F)cc1)c1cnc[nH]1. The summed E-state index contributed by atoms with van der Waals surface area (Å²) in [5.41, 5.74) is 0.953. The van der Waals surface area contributed by atoms with Gasteiger partial charge in [-0.1, -0.05) is 12.1 Å². The lowest BCUT2D eigenvalue weighted by Crippen LogP contribution is -2.14. The van der Waals surface area contributed by atoms with Gasteiger partial charge in [-0.2, -0.15) is 8.42 Å². The van der Waals surface area contributed by atoms with E-state index in [9.17, 15) is 17.2 Å². The molecule has 1 heterocycles. The van der Waals surface area contributed by atoms with Gasteiger partial charge in [-0.3, -0.25) is 4.72 Å². The summed E-state index contributed by atoms with van der Waals surface area (Å²) in [5.74, 6) is -0.974. The Morgan fingerprint density at radius 1 is 1.00 bits per heavy atom. The minimum Gasteiger partial charge on any atom is -0.334 e. The van der Waals surface area contributed by atoms with Crippen LogP contribution in [0.1, 0.15) is 0 Å². The number of aromatic amines is 1. The van der Waals surface area contributed by atoms with Gasteiger partial charge in [0.25, 0.3) is 10.0 Å². The van der Waals surface area contributed by atoms with Crippen LogP contribution < -0.4 is 4.72 Å². The van der Waals surface area contributed by atoms with Gasteiger partial charge < -0.3 is 4.98 Å². The number of aromatic nitrogens is 2. The van der Waals surface area contributed by atoms with E-state index in [1.807, 2.05) is 0 Å². The Hall–Kier alpha value is -2.74. The number of nitrogens with one attached hydrogen (secondary N) is 2. The number of anilines is 1. The van der Waals surface area contributed by atoms with Crippen molar-refractivity contribution in [1.29, 1.82) is 0 Å². The summed E-state index contributed by atoms with van der Waals surface area (Å²) in [6.07, 6.45) is 2.39. The molecule has 0 aliphatic carbocycles. The molecule has 118 valence electrons. The molecule has 0 saturated heterocycles. The molecule has 0 bridgehead atoms. The van der Waals surface area contributed by atoms with Crippen LogP contribution in [0.5, 0.6) is 0 Å². The summed E-state index contributed by atoms with van der Waals surface area (Å²) in [6.45, 7) is 0. The average molecular weight is 335 g/mol. The molecule has 0 fully saturated rings. The molecule has 0 amide bonds. The highest BCUT2D eigenvalue weighted by atomic mass is 32.2. The Labute approximate surface area is 131 Å². The van der Waals surface area contributed by atoms with E-state index < -0.39 is 21.7 Å². The summed E-state index contributed by atoms with van der Waals surface area (Å²) < 4.78 is 53.5. The van der Waals surface area contributed by atoms with Gasteiger partial charge in [0.1, 0.15) is 11.6 Å². The number of halogens is 2. The Kier molecular flexibility index (Phi) is 3.83. The van der Waals surface area contributed by atoms with Crippen LogP contribution >= 0.6 is 0 Å². The Morgan fingerprint density at radius 3 is 2.35 bits per heavy atom. The van der Waals surface area contributed by atoms with Crippen molar-refractivity contribution < 1.29 is 17.2 Å². The number of rotatable bonds is 4. The van der Waals surface area contributed by atoms with Crippen molar-refractivity contribution in [3.8, 4) is 11.1 Å². The lowest BCUT2D eigenvalue weighted by atomic mass is 10.0. The maximum Gasteiger partial charge on any atom is 0.278 e. The summed E-state index contributed by atoms with van der Waals surface area (Å²) in [4.78, 5) is 6.15. The molecule has 0 unspecified atom stereocenters. The lowest BCUT2D eigenvalue weighted by Gasteiger charge is -2.12. The third-order valence-electron chi connectivity index (χ3n) is 3.14. The fourth-order valence-electron chi connectivity index (χ4n) is 2.06. The van der Waals surface area contributed by atoms with Gasteiger partial charge in [0, 0.05) is 5.56 Å². The molecule has 0 saturated carbocycles. The van der Waals surface area contributed by atoms with Gasteiger partial charge in [0.05, 0.1) is 18.2 Å². The first kappa shape index (κ1) is 15.2. The van der Waals surface area contributed by atoms with Crippen LogP contribution in [0.2, 0.25) is 0 Å². The highest BCUT2D eigenvalue weighted by molar-refractivity contribution is 7.92. The smallest absolute Gasteiger partial charge is 0.278 e. The highest BCUT2D eigenvalue weighted by Gasteiger charge is 2.18. The van der Waals surface area contributed by atoms with Gasteiger partial charge in [-0.25, -0.2) is 13.8 Å². The minimum atomic E-state index is -3.89. The summed E-state index contributed by atoms with van der Waals surface area (Å²) in [5, 5.41) is -0.119. The first-order valence-corrected chi connectivity index (χ1v) is 8.01. The normalized spacial score (nSPS) is 11.4. The van der Waals surface area contributed by atoms with E-state index in [2.05, 4.69) is 14.7 Å². The number of hydrogen-bond donors (Lipinski definition) is 2. The monoisotopic (exact) mass is 335 g/mol. The maximum absolute atomic E-state index is 13.6. The molecule has 5 nitrogen and oxygen atoms in total. The fraction of sp³-hybridized carbons (Fsp3) is 0. The number of hydrogen-bond acceptors (Lipinski definition) is 3. The molecule has 23 heavy (non-hydrogen) atoms. The zero-order valence-electron chi connectivity index (χ0n) is 11.6. The molecule has 0 atom stereocenters. The van der Waals surface area contributed by atoms with Crippen LogP contribution in [-0.4, -0.2) is 18.4 Å². The maximum atomic E-state index is 13.6. The Balaban J connectivity index is 2.05. The van der Waals surface area contributed by atoms with Gasteiger partial charge in [-0.15, -0.1) is 0 Å². The molecule has 8 heteroatoms. The zero-order chi connectivity index (χ0) is 16.4. The molecular formula is C15H11F2N3O2S. The van der Waals surface area contributed by atoms with E-state index in [0.29, 0.717) is 11.1 Å². The third kappa shape index (κ3) is 3.21. The summed E-state index contributed by atoms with van der Waals surface area (Å²) in [7, 11) is -3.89. The van der Waals surface area contributed by atoms with Gasteiger partial charge in [-0.05, 0) is 35.9 Å². The molecular weight excluding hydrogens is 324 g/mol. The van der Waals surface area contributed by atoms with Crippen molar-refractivity contribution in [2.75, 3.05) is 4.72 Å². The second kappa shape index (κ2) is 5.81. The number of benzene rings is 2. The van der Waals surface area contributed by atoms with E-state index in [0.717, 1.165) is 12.3 Å². The highest BCUT2D eigenvalue weighted by Crippen LogP contribution is 2.30. The zero-order valence-corrected chi connectivity index (χ0v) is 12.4. The number of H-pyrrole nitrogens is 1. The predicted molar refractivity (Wildman–Crippen MR) is 81.2 cm³/mol. The molecule has 0 aliphatic heterocycles. The van der Waals surface area contributed by atoms with Crippen LogP contribution in [0, 0.1) is 11.6 Å². The van der Waals surface area contributed by atoms with Crippen LogP contribution in [0.4, 0.5) is 14.5 Å². The number of sulfonamides is 1. The molecule has 0 radical (unpaired) electrons. The van der Waals surface area contributed by atoms with E-state index in [1.54, 1.807) is 0 Å². The molecule has 3 aromatic rings. The predicted octanol–water partition coefficient (Wildman–Crippen LogP) is 3.16. The Morgan fingerprint density at radius 2 is 1.70 bits per heavy atom. The first-order chi connectivity index (χ1) is 11.0. The second-order valence-electron chi connectivity index (χ2n) is 4.72. The third-order valence-corrected chi connectivity index (χ3v) is 4.43. The molecule has 0 aliphatic rings. The molecule has 3 rings (SSSR count). The van der Waals surface area contributed by atoms with E-state index >= 15 is 0 Å². The molecule has 2 N–H and O–H groups in total. The Bertz CT molecular complexity index is 924. The first-order valence-electron chi connectivity index (χ1n) is 6.52. The van der Waals surface area contributed by atoms with Crippen LogP contribution in [0.15, 0.2) is 60.0 Å².